The van der Waals surface area contributed by atoms with Crippen LogP contribution in [-0.2, 0) is 6.54 Å². The molecule has 1 aliphatic heterocycles. The molecule has 194 valence electrons. The first-order chi connectivity index (χ1) is 17.4. The van der Waals surface area contributed by atoms with Crippen LogP contribution in [0.5, 0.6) is 17.2 Å². The maximum absolute atomic E-state index is 13.8. The van der Waals surface area contributed by atoms with Gasteiger partial charge in [-0.05, 0) is 67.6 Å². The molecule has 0 radical (unpaired) electrons. The van der Waals surface area contributed by atoms with Gasteiger partial charge in [0.2, 0.25) is 5.75 Å². The fraction of sp³-hybridized carbons (Fsp3) is 0.433. The van der Waals surface area contributed by atoms with Crippen LogP contribution in [0, 0.1) is 0 Å². The Bertz CT molecular complexity index is 1040. The Morgan fingerprint density at radius 2 is 1.72 bits per heavy atom. The predicted molar refractivity (Wildman–Crippen MR) is 147 cm³/mol. The van der Waals surface area contributed by atoms with Crippen LogP contribution < -0.4 is 14.2 Å². The number of piperidine rings is 1. The Morgan fingerprint density at radius 1 is 1.03 bits per heavy atom. The third kappa shape index (κ3) is 6.49. The van der Waals surface area contributed by atoms with Crippen molar-refractivity contribution in [1.29, 1.82) is 0 Å². The average Bonchev–Trinajstić information content (AvgIpc) is 2.91. The van der Waals surface area contributed by atoms with Gasteiger partial charge in [0.1, 0.15) is 0 Å². The Hall–Kier alpha value is -3.25. The second-order valence-electron chi connectivity index (χ2n) is 9.25. The van der Waals surface area contributed by atoms with E-state index in [0.29, 0.717) is 41.9 Å². The Balaban J connectivity index is 1.88. The molecule has 1 aliphatic rings. The summed E-state index contributed by atoms with van der Waals surface area (Å²) in [5.41, 5.74) is 3.57. The molecule has 6 nitrogen and oxygen atoms in total. The Kier molecular flexibility index (Phi) is 10.00. The summed E-state index contributed by atoms with van der Waals surface area (Å²) in [6.45, 7) is 13.4. The summed E-state index contributed by atoms with van der Waals surface area (Å²) >= 11 is 0. The van der Waals surface area contributed by atoms with E-state index < -0.39 is 0 Å². The van der Waals surface area contributed by atoms with Gasteiger partial charge in [-0.2, -0.15) is 0 Å². The number of carbonyl (C=O) groups is 1. The summed E-state index contributed by atoms with van der Waals surface area (Å²) in [6, 6.07) is 10.2. The molecular weight excluding hydrogens is 452 g/mol. The molecule has 0 spiro atoms. The minimum absolute atomic E-state index is 0.0751. The van der Waals surface area contributed by atoms with Crippen molar-refractivity contribution in [3.05, 3.63) is 65.7 Å². The second kappa shape index (κ2) is 13.2. The van der Waals surface area contributed by atoms with E-state index in [4.69, 9.17) is 14.2 Å². The fourth-order valence-electron chi connectivity index (χ4n) is 4.90. The van der Waals surface area contributed by atoms with Crippen molar-refractivity contribution in [2.24, 2.45) is 0 Å². The van der Waals surface area contributed by atoms with Gasteiger partial charge in [0.25, 0.3) is 5.91 Å². The molecule has 0 bridgehead atoms. The average molecular weight is 493 g/mol. The smallest absolute Gasteiger partial charge is 0.254 e. The van der Waals surface area contributed by atoms with E-state index in [1.165, 1.54) is 19.3 Å². The molecule has 1 amide bonds. The number of amides is 1. The summed E-state index contributed by atoms with van der Waals surface area (Å²) < 4.78 is 16.4. The SMILES string of the molecule is C=Cc1ccc(CN(CCCN2CCCCC2C)C(=O)c2cc(OC)c(OC)c(OC)c2)cc1C=C. The molecule has 0 aromatic heterocycles. The van der Waals surface area contributed by atoms with Crippen molar-refractivity contribution >= 4 is 18.1 Å². The lowest BCUT2D eigenvalue weighted by Crippen LogP contribution is -2.40. The van der Waals surface area contributed by atoms with Crippen LogP contribution in [0.4, 0.5) is 0 Å². The number of nitrogens with zero attached hydrogens (tertiary/aromatic N) is 2. The van der Waals surface area contributed by atoms with Crippen LogP contribution in [0.3, 0.4) is 0 Å². The van der Waals surface area contributed by atoms with Crippen LogP contribution in [0.15, 0.2) is 43.5 Å². The molecule has 0 N–H and O–H groups in total. The number of rotatable bonds is 12. The lowest BCUT2D eigenvalue weighted by molar-refractivity contribution is 0.0725. The molecule has 2 aromatic rings. The lowest BCUT2D eigenvalue weighted by atomic mass is 10.0. The van der Waals surface area contributed by atoms with E-state index >= 15 is 0 Å². The number of hydrogen-bond donors (Lipinski definition) is 0. The number of likely N-dealkylation sites (tertiary alicyclic amines) is 1. The molecule has 0 aliphatic carbocycles. The number of ether oxygens (including phenoxy) is 3. The van der Waals surface area contributed by atoms with Gasteiger partial charge >= 0.3 is 0 Å². The minimum Gasteiger partial charge on any atom is -0.493 e. The summed E-state index contributed by atoms with van der Waals surface area (Å²) in [4.78, 5) is 18.3. The van der Waals surface area contributed by atoms with E-state index in [9.17, 15) is 4.79 Å². The van der Waals surface area contributed by atoms with Gasteiger partial charge in [-0.3, -0.25) is 4.79 Å². The number of methoxy groups -OCH3 is 3. The normalized spacial score (nSPS) is 15.7. The molecule has 6 heteroatoms. The van der Waals surface area contributed by atoms with Gasteiger partial charge in [0.15, 0.2) is 11.5 Å². The molecule has 1 atom stereocenters. The van der Waals surface area contributed by atoms with E-state index in [0.717, 1.165) is 36.2 Å². The first-order valence-electron chi connectivity index (χ1n) is 12.7. The molecule has 3 rings (SSSR count). The maximum atomic E-state index is 13.8. The van der Waals surface area contributed by atoms with Crippen LogP contribution in [0.2, 0.25) is 0 Å². The number of carbonyl (C=O) groups excluding carboxylic acids is 1. The van der Waals surface area contributed by atoms with Crippen LogP contribution in [0.25, 0.3) is 12.2 Å². The zero-order valence-corrected chi connectivity index (χ0v) is 22.2. The predicted octanol–water partition coefficient (Wildman–Crippen LogP) is 5.91. The lowest BCUT2D eigenvalue weighted by Gasteiger charge is -2.34. The van der Waals surface area contributed by atoms with E-state index in [1.807, 2.05) is 29.2 Å². The van der Waals surface area contributed by atoms with Crippen molar-refractivity contribution < 1.29 is 19.0 Å². The van der Waals surface area contributed by atoms with Crippen molar-refractivity contribution in [2.45, 2.75) is 45.2 Å². The fourth-order valence-corrected chi connectivity index (χ4v) is 4.90. The largest absolute Gasteiger partial charge is 0.493 e. The topological polar surface area (TPSA) is 51.2 Å². The molecular formula is C30H40N2O4. The Labute approximate surface area is 216 Å². The van der Waals surface area contributed by atoms with Crippen molar-refractivity contribution in [3.8, 4) is 17.2 Å². The number of benzene rings is 2. The van der Waals surface area contributed by atoms with Crippen LogP contribution in [0.1, 0.15) is 59.7 Å². The molecule has 36 heavy (non-hydrogen) atoms. The zero-order chi connectivity index (χ0) is 26.1. The van der Waals surface area contributed by atoms with Gasteiger partial charge in [-0.1, -0.05) is 43.9 Å². The molecule has 0 saturated carbocycles. The summed E-state index contributed by atoms with van der Waals surface area (Å²) in [7, 11) is 4.67. The summed E-state index contributed by atoms with van der Waals surface area (Å²) in [5.74, 6) is 1.32. The van der Waals surface area contributed by atoms with E-state index in [2.05, 4.69) is 31.0 Å². The van der Waals surface area contributed by atoms with Gasteiger partial charge in [-0.15, -0.1) is 0 Å². The summed E-state index contributed by atoms with van der Waals surface area (Å²) in [5, 5.41) is 0. The van der Waals surface area contributed by atoms with Crippen LogP contribution in [-0.4, -0.2) is 62.7 Å². The first-order valence-corrected chi connectivity index (χ1v) is 12.7. The zero-order valence-electron chi connectivity index (χ0n) is 22.2. The first kappa shape index (κ1) is 27.3. The Morgan fingerprint density at radius 3 is 2.31 bits per heavy atom. The third-order valence-electron chi connectivity index (χ3n) is 6.98. The highest BCUT2D eigenvalue weighted by atomic mass is 16.5. The highest BCUT2D eigenvalue weighted by Gasteiger charge is 2.23. The molecule has 1 saturated heterocycles. The summed E-state index contributed by atoms with van der Waals surface area (Å²) in [6.07, 6.45) is 8.34. The monoisotopic (exact) mass is 492 g/mol. The second-order valence-corrected chi connectivity index (χ2v) is 9.25. The maximum Gasteiger partial charge on any atom is 0.254 e. The van der Waals surface area contributed by atoms with Gasteiger partial charge in [0, 0.05) is 31.2 Å². The van der Waals surface area contributed by atoms with Gasteiger partial charge in [-0.25, -0.2) is 0 Å². The van der Waals surface area contributed by atoms with Crippen molar-refractivity contribution in [2.75, 3.05) is 41.0 Å². The highest BCUT2D eigenvalue weighted by Crippen LogP contribution is 2.38. The quantitative estimate of drug-likeness (QED) is 0.369. The van der Waals surface area contributed by atoms with E-state index in [-0.39, 0.29) is 5.91 Å². The minimum atomic E-state index is -0.0751. The van der Waals surface area contributed by atoms with Gasteiger partial charge < -0.3 is 24.0 Å². The van der Waals surface area contributed by atoms with E-state index in [1.54, 1.807) is 33.5 Å². The highest BCUT2D eigenvalue weighted by molar-refractivity contribution is 5.95. The van der Waals surface area contributed by atoms with Gasteiger partial charge in [0.05, 0.1) is 21.3 Å². The standard InChI is InChI=1S/C30H40N2O4/c1-7-24-14-13-23(18-25(24)8-2)21-32(17-11-16-31-15-10-9-12-22(31)3)30(33)26-19-27(34-4)29(36-6)28(20-26)35-5/h7-8,13-14,18-20,22H,1-2,9-12,15-17,21H2,3-6H3. The third-order valence-corrected chi connectivity index (χ3v) is 6.98. The molecule has 2 aromatic carbocycles. The molecule has 1 unspecified atom stereocenters. The van der Waals surface area contributed by atoms with Crippen LogP contribution >= 0.6 is 0 Å². The van der Waals surface area contributed by atoms with Crippen molar-refractivity contribution in [3.63, 3.8) is 0 Å². The molecule has 1 fully saturated rings. The van der Waals surface area contributed by atoms with Crippen molar-refractivity contribution in [1.82, 2.24) is 9.80 Å². The number of hydrogen-bond acceptors (Lipinski definition) is 5. The molecule has 1 heterocycles.